The van der Waals surface area contributed by atoms with Gasteiger partial charge in [0.1, 0.15) is 6.10 Å². The van der Waals surface area contributed by atoms with E-state index in [-0.39, 0.29) is 17.7 Å². The Morgan fingerprint density at radius 1 is 1.38 bits per heavy atom. The van der Waals surface area contributed by atoms with Gasteiger partial charge < -0.3 is 9.64 Å². The van der Waals surface area contributed by atoms with Gasteiger partial charge in [-0.25, -0.2) is 4.98 Å². The molecule has 0 bridgehead atoms. The van der Waals surface area contributed by atoms with Gasteiger partial charge in [-0.1, -0.05) is 6.07 Å². The molecule has 0 atom stereocenters. The second-order valence-corrected chi connectivity index (χ2v) is 6.30. The number of ether oxygens (including phenoxy) is 1. The second-order valence-electron chi connectivity index (χ2n) is 5.45. The van der Waals surface area contributed by atoms with Crippen molar-refractivity contribution in [3.63, 3.8) is 0 Å². The number of nitro benzene ring substituents is 1. The Labute approximate surface area is 146 Å². The maximum atomic E-state index is 12.5. The molecule has 8 heteroatoms. The molecule has 0 spiro atoms. The summed E-state index contributed by atoms with van der Waals surface area (Å²) in [4.78, 5) is 28.7. The molecule has 2 heterocycles. The van der Waals surface area contributed by atoms with Gasteiger partial charge in [-0.3, -0.25) is 14.9 Å². The van der Waals surface area contributed by atoms with Crippen molar-refractivity contribution in [2.45, 2.75) is 13.0 Å². The van der Waals surface area contributed by atoms with Gasteiger partial charge in [-0.05, 0) is 41.1 Å². The lowest BCUT2D eigenvalue weighted by molar-refractivity contribution is -0.385. The lowest BCUT2D eigenvalue weighted by Gasteiger charge is -2.39. The third kappa shape index (κ3) is 3.09. The predicted molar refractivity (Wildman–Crippen MR) is 90.1 cm³/mol. The van der Waals surface area contributed by atoms with Crippen LogP contribution in [0.2, 0.25) is 0 Å². The molecule has 7 nitrogen and oxygen atoms in total. The van der Waals surface area contributed by atoms with Crippen molar-refractivity contribution in [2.24, 2.45) is 0 Å². The van der Waals surface area contributed by atoms with Crippen LogP contribution < -0.4 is 4.74 Å². The number of benzene rings is 1. The molecule has 1 aliphatic heterocycles. The van der Waals surface area contributed by atoms with Gasteiger partial charge in [-0.15, -0.1) is 0 Å². The summed E-state index contributed by atoms with van der Waals surface area (Å²) in [5.74, 6) is 0.261. The van der Waals surface area contributed by atoms with E-state index in [1.54, 1.807) is 30.2 Å². The first kappa shape index (κ1) is 16.4. The molecular weight excluding hydrogens is 378 g/mol. The van der Waals surface area contributed by atoms with Crippen LogP contribution in [0, 0.1) is 17.0 Å². The molecule has 1 saturated heterocycles. The fourth-order valence-corrected chi connectivity index (χ4v) is 2.87. The number of nitro groups is 1. The maximum Gasteiger partial charge on any atom is 0.273 e. The van der Waals surface area contributed by atoms with Crippen molar-refractivity contribution in [3.05, 3.63) is 62.2 Å². The van der Waals surface area contributed by atoms with E-state index in [0.29, 0.717) is 30.1 Å². The zero-order chi connectivity index (χ0) is 17.3. The highest BCUT2D eigenvalue weighted by molar-refractivity contribution is 9.10. The zero-order valence-corrected chi connectivity index (χ0v) is 14.4. The van der Waals surface area contributed by atoms with E-state index < -0.39 is 4.92 Å². The molecule has 0 aliphatic carbocycles. The molecule has 0 radical (unpaired) electrons. The number of likely N-dealkylation sites (tertiary alicyclic amines) is 1. The SMILES string of the molecule is Cc1c(C(=O)N2CC(Oc3ncccc3Br)C2)cccc1[N+](=O)[O-]. The molecule has 0 unspecified atom stereocenters. The number of hydrogen-bond donors (Lipinski definition) is 0. The van der Waals surface area contributed by atoms with Crippen molar-refractivity contribution in [1.29, 1.82) is 0 Å². The van der Waals surface area contributed by atoms with Gasteiger partial charge >= 0.3 is 0 Å². The topological polar surface area (TPSA) is 85.6 Å². The summed E-state index contributed by atoms with van der Waals surface area (Å²) >= 11 is 3.36. The number of aromatic nitrogens is 1. The summed E-state index contributed by atoms with van der Waals surface area (Å²) in [5.41, 5.74) is 0.678. The maximum absolute atomic E-state index is 12.5. The number of rotatable bonds is 4. The first-order chi connectivity index (χ1) is 11.5. The van der Waals surface area contributed by atoms with E-state index in [9.17, 15) is 14.9 Å². The van der Waals surface area contributed by atoms with Gasteiger partial charge in [0.2, 0.25) is 5.88 Å². The van der Waals surface area contributed by atoms with Crippen molar-refractivity contribution >= 4 is 27.5 Å². The summed E-state index contributed by atoms with van der Waals surface area (Å²) in [7, 11) is 0. The number of nitrogens with zero attached hydrogens (tertiary/aromatic N) is 3. The van der Waals surface area contributed by atoms with Crippen LogP contribution in [0.3, 0.4) is 0 Å². The summed E-state index contributed by atoms with van der Waals surface area (Å²) in [5, 5.41) is 11.0. The van der Waals surface area contributed by atoms with E-state index in [0.717, 1.165) is 4.47 Å². The Bertz CT molecular complexity index is 806. The Kier molecular flexibility index (Phi) is 4.48. The van der Waals surface area contributed by atoms with Crippen LogP contribution in [0.5, 0.6) is 5.88 Å². The van der Waals surface area contributed by atoms with Gasteiger partial charge in [0.25, 0.3) is 11.6 Å². The lowest BCUT2D eigenvalue weighted by Crippen LogP contribution is -2.56. The molecule has 1 amide bonds. The summed E-state index contributed by atoms with van der Waals surface area (Å²) in [6.07, 6.45) is 1.49. The predicted octanol–water partition coefficient (Wildman–Crippen LogP) is 2.96. The molecule has 1 fully saturated rings. The summed E-state index contributed by atoms with van der Waals surface area (Å²) < 4.78 is 6.48. The number of hydrogen-bond acceptors (Lipinski definition) is 5. The summed E-state index contributed by atoms with van der Waals surface area (Å²) in [6.45, 7) is 2.43. The largest absolute Gasteiger partial charge is 0.470 e. The van der Waals surface area contributed by atoms with Crippen molar-refractivity contribution in [1.82, 2.24) is 9.88 Å². The summed E-state index contributed by atoms with van der Waals surface area (Å²) in [6, 6.07) is 8.15. The van der Waals surface area contributed by atoms with Crippen molar-refractivity contribution in [3.8, 4) is 5.88 Å². The molecule has 1 aliphatic rings. The molecule has 3 rings (SSSR count). The second kappa shape index (κ2) is 6.56. The van der Waals surface area contributed by atoms with Gasteiger partial charge in [0.05, 0.1) is 22.5 Å². The van der Waals surface area contributed by atoms with Crippen molar-refractivity contribution in [2.75, 3.05) is 13.1 Å². The quantitative estimate of drug-likeness (QED) is 0.590. The zero-order valence-electron chi connectivity index (χ0n) is 12.8. The first-order valence-corrected chi connectivity index (χ1v) is 8.07. The average molecular weight is 392 g/mol. The van der Waals surface area contributed by atoms with E-state index in [1.807, 2.05) is 6.07 Å². The Morgan fingerprint density at radius 2 is 2.12 bits per heavy atom. The molecule has 1 aromatic heterocycles. The number of amides is 1. The number of halogens is 1. The van der Waals surface area contributed by atoms with Crippen LogP contribution in [0.15, 0.2) is 41.0 Å². The van der Waals surface area contributed by atoms with Crippen LogP contribution in [-0.4, -0.2) is 39.9 Å². The minimum absolute atomic E-state index is 0.0495. The fourth-order valence-electron chi connectivity index (χ4n) is 2.52. The van der Waals surface area contributed by atoms with Crippen LogP contribution in [-0.2, 0) is 0 Å². The monoisotopic (exact) mass is 391 g/mol. The van der Waals surface area contributed by atoms with Crippen LogP contribution in [0.4, 0.5) is 5.69 Å². The minimum Gasteiger partial charge on any atom is -0.470 e. The third-order valence-corrected chi connectivity index (χ3v) is 4.47. The molecule has 24 heavy (non-hydrogen) atoms. The Hall–Kier alpha value is -2.48. The van der Waals surface area contributed by atoms with E-state index >= 15 is 0 Å². The minimum atomic E-state index is -0.479. The molecule has 0 saturated carbocycles. The molecule has 0 N–H and O–H groups in total. The number of carbonyl (C=O) groups is 1. The smallest absolute Gasteiger partial charge is 0.273 e. The fraction of sp³-hybridized carbons (Fsp3) is 0.250. The highest BCUT2D eigenvalue weighted by Crippen LogP contribution is 2.27. The molecular formula is C16H14BrN3O4. The van der Waals surface area contributed by atoms with Crippen LogP contribution in [0.1, 0.15) is 15.9 Å². The highest BCUT2D eigenvalue weighted by Gasteiger charge is 2.34. The van der Waals surface area contributed by atoms with Crippen LogP contribution >= 0.6 is 15.9 Å². The van der Waals surface area contributed by atoms with Crippen LogP contribution in [0.25, 0.3) is 0 Å². The first-order valence-electron chi connectivity index (χ1n) is 7.28. The lowest BCUT2D eigenvalue weighted by atomic mass is 10.0. The molecule has 124 valence electrons. The Morgan fingerprint density at radius 3 is 2.79 bits per heavy atom. The average Bonchev–Trinajstić information content (AvgIpc) is 2.51. The highest BCUT2D eigenvalue weighted by atomic mass is 79.9. The van der Waals surface area contributed by atoms with Gasteiger partial charge in [-0.2, -0.15) is 0 Å². The molecule has 2 aromatic rings. The standard InChI is InChI=1S/C16H14BrN3O4/c1-10-12(4-2-6-14(10)20(22)23)16(21)19-8-11(9-19)24-15-13(17)5-3-7-18-15/h2-7,11H,8-9H2,1H3. The van der Waals surface area contributed by atoms with E-state index in [2.05, 4.69) is 20.9 Å². The number of pyridine rings is 1. The molecule has 1 aromatic carbocycles. The van der Waals surface area contributed by atoms with E-state index in [4.69, 9.17) is 4.74 Å². The Balaban J connectivity index is 1.66. The normalized spacial score (nSPS) is 14.2. The van der Waals surface area contributed by atoms with Gasteiger partial charge in [0.15, 0.2) is 0 Å². The third-order valence-electron chi connectivity index (χ3n) is 3.87. The van der Waals surface area contributed by atoms with Crippen molar-refractivity contribution < 1.29 is 14.5 Å². The van der Waals surface area contributed by atoms with Gasteiger partial charge in [0, 0.05) is 23.4 Å². The van der Waals surface area contributed by atoms with E-state index in [1.165, 1.54) is 12.1 Å². The number of carbonyl (C=O) groups excluding carboxylic acids is 1.